The van der Waals surface area contributed by atoms with Crippen molar-refractivity contribution >= 4 is 24.1 Å². The van der Waals surface area contributed by atoms with E-state index in [9.17, 15) is 19.2 Å². The average Bonchev–Trinajstić information content (AvgIpc) is 2.61. The summed E-state index contributed by atoms with van der Waals surface area (Å²) >= 11 is 0. The third-order valence-electron chi connectivity index (χ3n) is 4.57. The second kappa shape index (κ2) is 10.4. The van der Waals surface area contributed by atoms with E-state index in [1.54, 1.807) is 27.9 Å². The SMILES string of the molecule is CCC(C(=O)NC(Cc1cccc(C)c1)C(=O)N(C)C)C(C)C(=O)NC=O. The number of amides is 4. The van der Waals surface area contributed by atoms with Gasteiger partial charge in [-0.05, 0) is 18.9 Å². The van der Waals surface area contributed by atoms with Gasteiger partial charge in [-0.2, -0.15) is 0 Å². The molecule has 0 spiro atoms. The van der Waals surface area contributed by atoms with E-state index in [-0.39, 0.29) is 11.8 Å². The van der Waals surface area contributed by atoms with E-state index in [4.69, 9.17) is 0 Å². The Kier molecular flexibility index (Phi) is 8.65. The second-order valence-corrected chi connectivity index (χ2v) is 6.92. The van der Waals surface area contributed by atoms with Crippen LogP contribution in [0.5, 0.6) is 0 Å². The molecular weight excluding hydrogens is 346 g/mol. The van der Waals surface area contributed by atoms with Gasteiger partial charge in [0.1, 0.15) is 6.04 Å². The zero-order chi connectivity index (χ0) is 20.6. The standard InChI is InChI=1S/C20H29N3O4/c1-6-16(14(3)18(25)21-12-24)19(26)22-17(20(27)23(4)5)11-15-9-7-8-13(2)10-15/h7-10,12,14,16-17H,6,11H2,1-5H3,(H,22,26)(H,21,24,25). The van der Waals surface area contributed by atoms with Gasteiger partial charge >= 0.3 is 0 Å². The van der Waals surface area contributed by atoms with Crippen LogP contribution in [-0.4, -0.2) is 49.2 Å². The number of rotatable bonds is 9. The molecule has 0 aliphatic heterocycles. The lowest BCUT2D eigenvalue weighted by Gasteiger charge is -2.26. The van der Waals surface area contributed by atoms with Gasteiger partial charge in [-0.25, -0.2) is 0 Å². The normalized spacial score (nSPS) is 13.8. The summed E-state index contributed by atoms with van der Waals surface area (Å²) in [6.07, 6.45) is 1.07. The van der Waals surface area contributed by atoms with Crippen molar-refractivity contribution in [2.75, 3.05) is 14.1 Å². The maximum Gasteiger partial charge on any atom is 0.244 e. The average molecular weight is 375 g/mol. The Morgan fingerprint density at radius 2 is 1.85 bits per heavy atom. The number of aryl methyl sites for hydroxylation is 1. The van der Waals surface area contributed by atoms with Gasteiger partial charge in [-0.15, -0.1) is 0 Å². The lowest BCUT2D eigenvalue weighted by atomic mass is 9.89. The minimum Gasteiger partial charge on any atom is -0.347 e. The van der Waals surface area contributed by atoms with Crippen LogP contribution in [-0.2, 0) is 25.6 Å². The van der Waals surface area contributed by atoms with Crippen molar-refractivity contribution in [1.29, 1.82) is 0 Å². The summed E-state index contributed by atoms with van der Waals surface area (Å²) in [7, 11) is 3.27. The molecule has 1 aromatic carbocycles. The Bertz CT molecular complexity index is 688. The van der Waals surface area contributed by atoms with Crippen LogP contribution in [0.2, 0.25) is 0 Å². The first-order chi connectivity index (χ1) is 12.7. The highest BCUT2D eigenvalue weighted by Crippen LogP contribution is 2.17. The molecule has 0 aliphatic rings. The molecule has 0 radical (unpaired) electrons. The first-order valence-corrected chi connectivity index (χ1v) is 9.02. The highest BCUT2D eigenvalue weighted by atomic mass is 16.2. The number of hydrogen-bond donors (Lipinski definition) is 2. The molecule has 148 valence electrons. The maximum atomic E-state index is 12.8. The number of carbonyl (C=O) groups excluding carboxylic acids is 4. The molecule has 4 amide bonds. The third-order valence-corrected chi connectivity index (χ3v) is 4.57. The van der Waals surface area contributed by atoms with E-state index >= 15 is 0 Å². The highest BCUT2D eigenvalue weighted by molar-refractivity contribution is 5.93. The van der Waals surface area contributed by atoms with Gasteiger partial charge in [-0.1, -0.05) is 43.7 Å². The van der Waals surface area contributed by atoms with E-state index in [0.717, 1.165) is 11.1 Å². The number of benzene rings is 1. The van der Waals surface area contributed by atoms with Crippen LogP contribution in [0.25, 0.3) is 0 Å². The van der Waals surface area contributed by atoms with Crippen molar-refractivity contribution in [3.05, 3.63) is 35.4 Å². The summed E-state index contributed by atoms with van der Waals surface area (Å²) in [5.41, 5.74) is 2.01. The third kappa shape index (κ3) is 6.51. The van der Waals surface area contributed by atoms with Gasteiger partial charge in [0, 0.05) is 32.4 Å². The summed E-state index contributed by atoms with van der Waals surface area (Å²) in [5, 5.41) is 4.88. The molecule has 0 saturated heterocycles. The van der Waals surface area contributed by atoms with E-state index in [1.807, 2.05) is 31.2 Å². The van der Waals surface area contributed by atoms with Gasteiger partial charge in [0.25, 0.3) is 0 Å². The number of likely N-dealkylation sites (N-methyl/N-ethyl adjacent to an activating group) is 1. The first-order valence-electron chi connectivity index (χ1n) is 9.02. The molecule has 0 fully saturated rings. The fourth-order valence-corrected chi connectivity index (χ4v) is 3.00. The van der Waals surface area contributed by atoms with E-state index in [1.165, 1.54) is 4.90 Å². The van der Waals surface area contributed by atoms with Crippen LogP contribution >= 0.6 is 0 Å². The molecule has 1 rings (SSSR count). The summed E-state index contributed by atoms with van der Waals surface area (Å²) in [5.74, 6) is -2.43. The van der Waals surface area contributed by atoms with E-state index < -0.39 is 23.8 Å². The molecule has 0 heterocycles. The Morgan fingerprint density at radius 1 is 1.19 bits per heavy atom. The second-order valence-electron chi connectivity index (χ2n) is 6.92. The van der Waals surface area contributed by atoms with Crippen molar-refractivity contribution in [3.63, 3.8) is 0 Å². The number of nitrogens with one attached hydrogen (secondary N) is 2. The smallest absolute Gasteiger partial charge is 0.244 e. The van der Waals surface area contributed by atoms with Gasteiger partial charge in [-0.3, -0.25) is 24.5 Å². The van der Waals surface area contributed by atoms with E-state index in [0.29, 0.717) is 19.3 Å². The Morgan fingerprint density at radius 3 is 2.37 bits per heavy atom. The van der Waals surface area contributed by atoms with Crippen molar-refractivity contribution < 1.29 is 19.2 Å². The zero-order valence-corrected chi connectivity index (χ0v) is 16.6. The van der Waals surface area contributed by atoms with Gasteiger partial charge in [0.05, 0.1) is 0 Å². The zero-order valence-electron chi connectivity index (χ0n) is 16.6. The first kappa shape index (κ1) is 22.3. The van der Waals surface area contributed by atoms with Gasteiger partial charge in [0.15, 0.2) is 0 Å². The van der Waals surface area contributed by atoms with Crippen LogP contribution in [0.15, 0.2) is 24.3 Å². The monoisotopic (exact) mass is 375 g/mol. The lowest BCUT2D eigenvalue weighted by molar-refractivity contribution is -0.138. The molecule has 27 heavy (non-hydrogen) atoms. The van der Waals surface area contributed by atoms with Crippen LogP contribution in [0.3, 0.4) is 0 Å². The molecule has 3 atom stereocenters. The lowest BCUT2D eigenvalue weighted by Crippen LogP contribution is -2.51. The molecule has 0 bridgehead atoms. The molecule has 0 aromatic heterocycles. The van der Waals surface area contributed by atoms with Crippen molar-refractivity contribution in [1.82, 2.24) is 15.5 Å². The maximum absolute atomic E-state index is 12.8. The van der Waals surface area contributed by atoms with E-state index in [2.05, 4.69) is 10.6 Å². The van der Waals surface area contributed by atoms with Gasteiger partial charge in [0.2, 0.25) is 24.1 Å². The Balaban J connectivity index is 2.98. The van der Waals surface area contributed by atoms with Crippen LogP contribution in [0, 0.1) is 18.8 Å². The molecular formula is C20H29N3O4. The molecule has 3 unspecified atom stereocenters. The minimum absolute atomic E-state index is 0.218. The van der Waals surface area contributed by atoms with Crippen LogP contribution < -0.4 is 10.6 Å². The number of imide groups is 1. The summed E-state index contributed by atoms with van der Waals surface area (Å²) in [6, 6.07) is 7.02. The topological polar surface area (TPSA) is 95.6 Å². The molecule has 7 heteroatoms. The summed E-state index contributed by atoms with van der Waals surface area (Å²) < 4.78 is 0. The molecule has 7 nitrogen and oxygen atoms in total. The number of hydrogen-bond acceptors (Lipinski definition) is 4. The quantitative estimate of drug-likeness (QED) is 0.631. The number of nitrogens with zero attached hydrogens (tertiary/aromatic N) is 1. The fourth-order valence-electron chi connectivity index (χ4n) is 3.00. The predicted molar refractivity (Wildman–Crippen MR) is 103 cm³/mol. The van der Waals surface area contributed by atoms with Crippen LogP contribution in [0.4, 0.5) is 0 Å². The molecule has 0 aliphatic carbocycles. The Labute approximate surface area is 160 Å². The molecule has 2 N–H and O–H groups in total. The Hall–Kier alpha value is -2.70. The highest BCUT2D eigenvalue weighted by Gasteiger charge is 2.32. The molecule has 0 saturated carbocycles. The summed E-state index contributed by atoms with van der Waals surface area (Å²) in [4.78, 5) is 49.2. The van der Waals surface area contributed by atoms with Crippen LogP contribution in [0.1, 0.15) is 31.4 Å². The molecule has 1 aromatic rings. The van der Waals surface area contributed by atoms with Crippen molar-refractivity contribution in [3.8, 4) is 0 Å². The van der Waals surface area contributed by atoms with Gasteiger partial charge < -0.3 is 10.2 Å². The van der Waals surface area contributed by atoms with Crippen molar-refractivity contribution in [2.24, 2.45) is 11.8 Å². The largest absolute Gasteiger partial charge is 0.347 e. The summed E-state index contributed by atoms with van der Waals surface area (Å²) in [6.45, 7) is 5.35. The minimum atomic E-state index is -0.732. The van der Waals surface area contributed by atoms with Crippen molar-refractivity contribution in [2.45, 2.75) is 39.7 Å². The fraction of sp³-hybridized carbons (Fsp3) is 0.500. The number of carbonyl (C=O) groups is 4. The predicted octanol–water partition coefficient (Wildman–Crippen LogP) is 1.05.